The van der Waals surface area contributed by atoms with Crippen LogP contribution in [0.1, 0.15) is 23.7 Å². The monoisotopic (exact) mass is 358 g/mol. The van der Waals surface area contributed by atoms with Crippen molar-refractivity contribution in [3.63, 3.8) is 0 Å². The zero-order valence-corrected chi connectivity index (χ0v) is 14.9. The van der Waals surface area contributed by atoms with E-state index in [4.69, 9.17) is 19.9 Å². The molecule has 0 aliphatic carbocycles. The van der Waals surface area contributed by atoms with Gasteiger partial charge in [0, 0.05) is 11.8 Å². The summed E-state index contributed by atoms with van der Waals surface area (Å²) in [4.78, 5) is 24.7. The van der Waals surface area contributed by atoms with E-state index >= 15 is 0 Å². The predicted molar refractivity (Wildman–Crippen MR) is 98.5 cm³/mol. The van der Waals surface area contributed by atoms with Gasteiger partial charge >= 0.3 is 5.97 Å². The van der Waals surface area contributed by atoms with E-state index in [1.165, 1.54) is 20.3 Å². The van der Waals surface area contributed by atoms with Crippen molar-refractivity contribution in [1.82, 2.24) is 0 Å². The van der Waals surface area contributed by atoms with Crippen LogP contribution in [0.3, 0.4) is 0 Å². The van der Waals surface area contributed by atoms with Crippen LogP contribution in [0.15, 0.2) is 42.5 Å². The van der Waals surface area contributed by atoms with Gasteiger partial charge in [0.15, 0.2) is 6.10 Å². The molecule has 2 rings (SSSR count). The lowest BCUT2D eigenvalue weighted by Gasteiger charge is -2.17. The summed E-state index contributed by atoms with van der Waals surface area (Å²) in [6.07, 6.45) is -0.631. The Morgan fingerprint density at radius 1 is 1.12 bits per heavy atom. The largest absolute Gasteiger partial charge is 0.497 e. The first-order chi connectivity index (χ1) is 12.5. The minimum absolute atomic E-state index is 0.290. The molecule has 0 spiro atoms. The van der Waals surface area contributed by atoms with Crippen LogP contribution in [0.25, 0.3) is 0 Å². The number of ether oxygens (including phenoxy) is 3. The molecule has 0 fully saturated rings. The number of amides is 1. The number of hydrogen-bond donors (Lipinski definition) is 2. The molecule has 0 aromatic heterocycles. The van der Waals surface area contributed by atoms with Crippen molar-refractivity contribution in [3.05, 3.63) is 48.0 Å². The molecule has 3 N–H and O–H groups in total. The van der Waals surface area contributed by atoms with Crippen LogP contribution in [-0.4, -0.2) is 32.2 Å². The number of benzene rings is 2. The van der Waals surface area contributed by atoms with Gasteiger partial charge in [-0.15, -0.1) is 0 Å². The van der Waals surface area contributed by atoms with Crippen molar-refractivity contribution < 1.29 is 23.8 Å². The Morgan fingerprint density at radius 2 is 1.88 bits per heavy atom. The van der Waals surface area contributed by atoms with Crippen LogP contribution < -0.4 is 20.5 Å². The fraction of sp³-hybridized carbons (Fsp3) is 0.263. The fourth-order valence-electron chi connectivity index (χ4n) is 2.30. The number of methoxy groups -OCH3 is 2. The van der Waals surface area contributed by atoms with E-state index in [1.807, 2.05) is 0 Å². The van der Waals surface area contributed by atoms with Gasteiger partial charge in [0.25, 0.3) is 5.91 Å². The predicted octanol–water partition coefficient (Wildman–Crippen LogP) is 2.86. The fourth-order valence-corrected chi connectivity index (χ4v) is 2.30. The van der Waals surface area contributed by atoms with Gasteiger partial charge in [0.05, 0.1) is 25.5 Å². The number of nitrogens with two attached hydrogens (primary N) is 1. The highest BCUT2D eigenvalue weighted by Gasteiger charge is 2.23. The molecule has 7 nitrogen and oxygen atoms in total. The number of nitrogen functional groups attached to an aromatic ring is 1. The van der Waals surface area contributed by atoms with Crippen LogP contribution in [0.4, 0.5) is 11.4 Å². The first-order valence-corrected chi connectivity index (χ1v) is 8.07. The molecule has 0 heterocycles. The van der Waals surface area contributed by atoms with Crippen molar-refractivity contribution in [2.75, 3.05) is 25.3 Å². The van der Waals surface area contributed by atoms with Gasteiger partial charge in [-0.2, -0.15) is 0 Å². The van der Waals surface area contributed by atoms with Crippen molar-refractivity contribution in [2.24, 2.45) is 0 Å². The Bertz CT molecular complexity index is 791. The summed E-state index contributed by atoms with van der Waals surface area (Å²) < 4.78 is 15.7. The molecule has 0 saturated heterocycles. The Morgan fingerprint density at radius 3 is 2.50 bits per heavy atom. The summed E-state index contributed by atoms with van der Waals surface area (Å²) in [7, 11) is 3.03. The summed E-state index contributed by atoms with van der Waals surface area (Å²) >= 11 is 0. The number of esters is 1. The Kier molecular flexibility index (Phi) is 6.43. The first kappa shape index (κ1) is 19.1. The maximum atomic E-state index is 12.5. The highest BCUT2D eigenvalue weighted by molar-refractivity contribution is 5.98. The third-order valence-corrected chi connectivity index (χ3v) is 3.70. The van der Waals surface area contributed by atoms with Crippen LogP contribution in [0.5, 0.6) is 11.5 Å². The highest BCUT2D eigenvalue weighted by atomic mass is 16.5. The SMILES string of the molecule is CCC(OC(=O)c1cccc(N)c1)C(=O)Nc1ccc(OC)cc1OC. The molecule has 1 atom stereocenters. The number of anilines is 2. The standard InChI is InChI=1S/C19H22N2O5/c1-4-16(26-19(23)12-6-5-7-13(20)10-12)18(22)21-15-9-8-14(24-2)11-17(15)25-3/h5-11,16H,4,20H2,1-3H3,(H,21,22). The van der Waals surface area contributed by atoms with Gasteiger partial charge in [-0.3, -0.25) is 4.79 Å². The molecule has 0 radical (unpaired) electrons. The number of carbonyl (C=O) groups is 2. The molecular formula is C19H22N2O5. The zero-order chi connectivity index (χ0) is 19.1. The first-order valence-electron chi connectivity index (χ1n) is 8.07. The average molecular weight is 358 g/mol. The molecule has 0 aliphatic heterocycles. The minimum atomic E-state index is -0.948. The molecule has 0 bridgehead atoms. The van der Waals surface area contributed by atoms with Crippen LogP contribution >= 0.6 is 0 Å². The average Bonchev–Trinajstić information content (AvgIpc) is 2.66. The summed E-state index contributed by atoms with van der Waals surface area (Å²) in [5, 5.41) is 2.71. The second-order valence-corrected chi connectivity index (χ2v) is 5.48. The van der Waals surface area contributed by atoms with E-state index in [1.54, 1.807) is 43.3 Å². The Hall–Kier alpha value is -3.22. The molecule has 2 aromatic carbocycles. The third-order valence-electron chi connectivity index (χ3n) is 3.70. The molecule has 0 aliphatic rings. The van der Waals surface area contributed by atoms with Crippen molar-refractivity contribution in [3.8, 4) is 11.5 Å². The second kappa shape index (κ2) is 8.75. The summed E-state index contributed by atoms with van der Waals surface area (Å²) in [6.45, 7) is 1.75. The maximum Gasteiger partial charge on any atom is 0.338 e. The number of nitrogens with one attached hydrogen (secondary N) is 1. The quantitative estimate of drug-likeness (QED) is 0.583. The van der Waals surface area contributed by atoms with Crippen molar-refractivity contribution in [2.45, 2.75) is 19.4 Å². The summed E-state index contributed by atoms with van der Waals surface area (Å²) in [6, 6.07) is 11.4. The normalized spacial score (nSPS) is 11.3. The molecule has 7 heteroatoms. The van der Waals surface area contributed by atoms with Gasteiger partial charge in [0.1, 0.15) is 11.5 Å². The molecular weight excluding hydrogens is 336 g/mol. The second-order valence-electron chi connectivity index (χ2n) is 5.48. The Balaban J connectivity index is 2.10. The minimum Gasteiger partial charge on any atom is -0.497 e. The van der Waals surface area contributed by atoms with Gasteiger partial charge in [-0.25, -0.2) is 4.79 Å². The van der Waals surface area contributed by atoms with E-state index in [2.05, 4.69) is 5.32 Å². The van der Waals surface area contributed by atoms with Crippen molar-refractivity contribution >= 4 is 23.3 Å². The van der Waals surface area contributed by atoms with Crippen LogP contribution in [-0.2, 0) is 9.53 Å². The molecule has 0 saturated carbocycles. The van der Waals surface area contributed by atoms with Gasteiger partial charge in [-0.1, -0.05) is 13.0 Å². The van der Waals surface area contributed by atoms with Crippen molar-refractivity contribution in [1.29, 1.82) is 0 Å². The number of rotatable bonds is 7. The van der Waals surface area contributed by atoms with E-state index < -0.39 is 18.0 Å². The third kappa shape index (κ3) is 4.66. The molecule has 138 valence electrons. The maximum absolute atomic E-state index is 12.5. The summed E-state index contributed by atoms with van der Waals surface area (Å²) in [5.74, 6) is -0.0242. The van der Waals surface area contributed by atoms with E-state index in [9.17, 15) is 9.59 Å². The van der Waals surface area contributed by atoms with Crippen LogP contribution in [0, 0.1) is 0 Å². The molecule has 2 aromatic rings. The lowest BCUT2D eigenvalue weighted by atomic mass is 10.2. The number of carbonyl (C=O) groups excluding carboxylic acids is 2. The highest BCUT2D eigenvalue weighted by Crippen LogP contribution is 2.29. The van der Waals surface area contributed by atoms with E-state index in [-0.39, 0.29) is 0 Å². The Labute approximate surface area is 152 Å². The van der Waals surface area contributed by atoms with Gasteiger partial charge < -0.3 is 25.3 Å². The van der Waals surface area contributed by atoms with Gasteiger partial charge in [-0.05, 0) is 36.8 Å². The number of hydrogen-bond acceptors (Lipinski definition) is 6. The molecule has 1 amide bonds. The summed E-state index contributed by atoms with van der Waals surface area (Å²) in [5.41, 5.74) is 6.86. The van der Waals surface area contributed by atoms with E-state index in [0.717, 1.165) is 0 Å². The molecule has 26 heavy (non-hydrogen) atoms. The molecule has 1 unspecified atom stereocenters. The lowest BCUT2D eigenvalue weighted by molar-refractivity contribution is -0.124. The zero-order valence-electron chi connectivity index (χ0n) is 14.9. The van der Waals surface area contributed by atoms with Gasteiger partial charge in [0.2, 0.25) is 0 Å². The topological polar surface area (TPSA) is 99.9 Å². The smallest absolute Gasteiger partial charge is 0.338 e. The van der Waals surface area contributed by atoms with Crippen LogP contribution in [0.2, 0.25) is 0 Å². The van der Waals surface area contributed by atoms with E-state index in [0.29, 0.717) is 34.9 Å². The lowest BCUT2D eigenvalue weighted by Crippen LogP contribution is -2.32.